The summed E-state index contributed by atoms with van der Waals surface area (Å²) in [6, 6.07) is 7.93. The zero-order valence-electron chi connectivity index (χ0n) is 12.4. The molecule has 3 aromatic rings. The third-order valence-electron chi connectivity index (χ3n) is 3.33. The summed E-state index contributed by atoms with van der Waals surface area (Å²) < 4.78 is 5.76. The average Bonchev–Trinajstić information content (AvgIpc) is 3.05. The number of amides is 1. The summed E-state index contributed by atoms with van der Waals surface area (Å²) in [4.78, 5) is 17.2. The molecule has 2 aromatic heterocycles. The molecule has 0 radical (unpaired) electrons. The highest BCUT2D eigenvalue weighted by molar-refractivity contribution is 9.10. The number of carbonyl (C=O) groups excluding carboxylic acids is 1. The van der Waals surface area contributed by atoms with Crippen molar-refractivity contribution in [1.29, 1.82) is 0 Å². The quantitative estimate of drug-likeness (QED) is 0.684. The zero-order valence-corrected chi connectivity index (χ0v) is 14.8. The number of aryl methyl sites for hydroxylation is 1. The minimum Gasteiger partial charge on any atom is -0.319 e. The number of halogens is 1. The van der Waals surface area contributed by atoms with Gasteiger partial charge in [0.25, 0.3) is 5.91 Å². The van der Waals surface area contributed by atoms with Crippen molar-refractivity contribution in [2.75, 3.05) is 0 Å². The molecular formula is C15H15BrN4OS. The monoisotopic (exact) mass is 378 g/mol. The minimum absolute atomic E-state index is 0.222. The second-order valence-corrected chi connectivity index (χ2v) is 7.17. The van der Waals surface area contributed by atoms with Crippen molar-refractivity contribution < 1.29 is 4.79 Å². The van der Waals surface area contributed by atoms with Gasteiger partial charge < -0.3 is 4.57 Å². The Labute approximate surface area is 140 Å². The summed E-state index contributed by atoms with van der Waals surface area (Å²) in [6.45, 7) is 4.03. The number of fused-ring (bicyclic) bond motifs is 1. The molecule has 0 bridgehead atoms. The molecule has 0 atom stereocenters. The molecule has 0 aliphatic carbocycles. The topological polar surface area (TPSA) is 52.2 Å². The first-order valence-corrected chi connectivity index (χ1v) is 8.46. The summed E-state index contributed by atoms with van der Waals surface area (Å²) in [7, 11) is 1.91. The van der Waals surface area contributed by atoms with Crippen LogP contribution in [0.2, 0.25) is 0 Å². The predicted molar refractivity (Wildman–Crippen MR) is 91.0 cm³/mol. The van der Waals surface area contributed by atoms with Gasteiger partial charge in [0.1, 0.15) is 0 Å². The van der Waals surface area contributed by atoms with Gasteiger partial charge in [-0.05, 0) is 38.1 Å². The van der Waals surface area contributed by atoms with E-state index in [-0.39, 0.29) is 11.9 Å². The van der Waals surface area contributed by atoms with Crippen LogP contribution in [-0.2, 0) is 7.05 Å². The van der Waals surface area contributed by atoms with Crippen molar-refractivity contribution in [2.45, 2.75) is 19.9 Å². The van der Waals surface area contributed by atoms with E-state index in [2.05, 4.69) is 26.0 Å². The molecule has 0 saturated carbocycles. The van der Waals surface area contributed by atoms with E-state index in [1.54, 1.807) is 16.9 Å². The molecule has 0 unspecified atom stereocenters. The molecule has 7 heteroatoms. The van der Waals surface area contributed by atoms with Crippen LogP contribution in [0.4, 0.5) is 0 Å². The van der Waals surface area contributed by atoms with Gasteiger partial charge >= 0.3 is 0 Å². The van der Waals surface area contributed by atoms with E-state index in [0.717, 1.165) is 14.7 Å². The van der Waals surface area contributed by atoms with E-state index >= 15 is 0 Å². The van der Waals surface area contributed by atoms with Crippen LogP contribution in [0.5, 0.6) is 0 Å². The Balaban J connectivity index is 2.03. The van der Waals surface area contributed by atoms with Gasteiger partial charge in [0.2, 0.25) is 0 Å². The lowest BCUT2D eigenvalue weighted by Crippen LogP contribution is -2.14. The summed E-state index contributed by atoms with van der Waals surface area (Å²) >= 11 is 4.94. The smallest absolute Gasteiger partial charge is 0.300 e. The number of aromatic nitrogens is 3. The molecule has 1 amide bonds. The first-order chi connectivity index (χ1) is 10.5. The van der Waals surface area contributed by atoms with Gasteiger partial charge in [0.05, 0.1) is 10.2 Å². The summed E-state index contributed by atoms with van der Waals surface area (Å²) in [5.74, 6) is -0.319. The van der Waals surface area contributed by atoms with Gasteiger partial charge in [0.15, 0.2) is 10.5 Å². The molecule has 0 aliphatic rings. The third-order valence-corrected chi connectivity index (χ3v) is 4.91. The van der Waals surface area contributed by atoms with Gasteiger partial charge in [-0.2, -0.15) is 10.1 Å². The van der Waals surface area contributed by atoms with Gasteiger partial charge in [-0.15, -0.1) is 0 Å². The summed E-state index contributed by atoms with van der Waals surface area (Å²) in [5.41, 5.74) is 1.42. The van der Waals surface area contributed by atoms with Crippen LogP contribution in [0.1, 0.15) is 30.4 Å². The van der Waals surface area contributed by atoms with E-state index in [0.29, 0.717) is 10.5 Å². The largest absolute Gasteiger partial charge is 0.319 e. The second kappa shape index (κ2) is 5.81. The van der Waals surface area contributed by atoms with E-state index in [9.17, 15) is 4.79 Å². The fraction of sp³-hybridized carbons (Fsp3) is 0.267. The molecular weight excluding hydrogens is 364 g/mol. The number of hydrogen-bond acceptors (Lipinski definition) is 3. The zero-order chi connectivity index (χ0) is 15.9. The maximum atomic E-state index is 12.3. The first-order valence-electron chi connectivity index (χ1n) is 6.85. The number of carbonyl (C=O) groups is 1. The molecule has 3 rings (SSSR count). The Bertz CT molecular complexity index is 919. The van der Waals surface area contributed by atoms with Crippen molar-refractivity contribution >= 4 is 43.4 Å². The molecule has 22 heavy (non-hydrogen) atoms. The Morgan fingerprint density at radius 2 is 2.14 bits per heavy atom. The molecule has 1 aromatic carbocycles. The number of nitrogens with zero attached hydrogens (tertiary/aromatic N) is 4. The average molecular weight is 379 g/mol. The lowest BCUT2D eigenvalue weighted by molar-refractivity contribution is 0.0992. The van der Waals surface area contributed by atoms with Crippen LogP contribution in [0.25, 0.3) is 10.2 Å². The molecule has 114 valence electrons. The Hall–Kier alpha value is -1.73. The Morgan fingerprint density at radius 1 is 1.36 bits per heavy atom. The number of thiazole rings is 1. The lowest BCUT2D eigenvalue weighted by atomic mass is 10.3. The SMILES string of the molecule is CC(C)n1ccc(C(=O)N=c2sc3cc(Br)ccc3n2C)n1. The molecule has 0 aliphatic heterocycles. The van der Waals surface area contributed by atoms with Crippen molar-refractivity contribution in [1.82, 2.24) is 14.3 Å². The van der Waals surface area contributed by atoms with Crippen LogP contribution in [0, 0.1) is 0 Å². The van der Waals surface area contributed by atoms with Crippen LogP contribution in [0.15, 0.2) is 39.9 Å². The van der Waals surface area contributed by atoms with Crippen molar-refractivity contribution in [2.24, 2.45) is 12.0 Å². The first kappa shape index (κ1) is 15.2. The second-order valence-electron chi connectivity index (χ2n) is 5.25. The Kier molecular flexibility index (Phi) is 4.01. The standard InChI is InChI=1S/C15H15BrN4OS/c1-9(2)20-7-6-11(18-20)14(21)17-15-19(3)12-5-4-10(16)8-13(12)22-15/h4-9H,1-3H3. The fourth-order valence-corrected chi connectivity index (χ4v) is 3.67. The maximum Gasteiger partial charge on any atom is 0.300 e. The molecule has 5 nitrogen and oxygen atoms in total. The number of hydrogen-bond donors (Lipinski definition) is 0. The molecule has 0 fully saturated rings. The minimum atomic E-state index is -0.319. The normalized spacial score (nSPS) is 12.5. The predicted octanol–water partition coefficient (Wildman–Crippen LogP) is 3.52. The van der Waals surface area contributed by atoms with Crippen LogP contribution in [0.3, 0.4) is 0 Å². The maximum absolute atomic E-state index is 12.3. The van der Waals surface area contributed by atoms with Crippen LogP contribution >= 0.6 is 27.3 Å². The fourth-order valence-electron chi connectivity index (χ4n) is 2.10. The van der Waals surface area contributed by atoms with Crippen molar-refractivity contribution in [3.63, 3.8) is 0 Å². The lowest BCUT2D eigenvalue weighted by Gasteiger charge is -2.02. The molecule has 0 spiro atoms. The van der Waals surface area contributed by atoms with E-state index in [1.807, 2.05) is 43.7 Å². The highest BCUT2D eigenvalue weighted by Gasteiger charge is 2.11. The van der Waals surface area contributed by atoms with E-state index in [1.165, 1.54) is 11.3 Å². The van der Waals surface area contributed by atoms with Gasteiger partial charge in [-0.3, -0.25) is 9.48 Å². The van der Waals surface area contributed by atoms with Crippen LogP contribution in [-0.4, -0.2) is 20.3 Å². The van der Waals surface area contributed by atoms with E-state index in [4.69, 9.17) is 0 Å². The van der Waals surface area contributed by atoms with Crippen molar-refractivity contribution in [3.05, 3.63) is 45.4 Å². The number of rotatable bonds is 2. The van der Waals surface area contributed by atoms with Gasteiger partial charge in [-0.25, -0.2) is 0 Å². The van der Waals surface area contributed by atoms with Gasteiger partial charge in [0, 0.05) is 23.8 Å². The molecule has 2 heterocycles. The van der Waals surface area contributed by atoms with Crippen LogP contribution < -0.4 is 4.80 Å². The van der Waals surface area contributed by atoms with Gasteiger partial charge in [-0.1, -0.05) is 27.3 Å². The highest BCUT2D eigenvalue weighted by Crippen LogP contribution is 2.21. The summed E-state index contributed by atoms with van der Waals surface area (Å²) in [5, 5.41) is 4.26. The van der Waals surface area contributed by atoms with E-state index < -0.39 is 0 Å². The Morgan fingerprint density at radius 3 is 2.82 bits per heavy atom. The molecule has 0 saturated heterocycles. The molecule has 0 N–H and O–H groups in total. The highest BCUT2D eigenvalue weighted by atomic mass is 79.9. The summed E-state index contributed by atoms with van der Waals surface area (Å²) in [6.07, 6.45) is 1.80. The number of benzene rings is 1. The van der Waals surface area contributed by atoms with Crippen molar-refractivity contribution in [3.8, 4) is 0 Å². The third kappa shape index (κ3) is 2.78.